The van der Waals surface area contributed by atoms with Crippen molar-refractivity contribution in [3.05, 3.63) is 30.3 Å². The Kier molecular flexibility index (Phi) is 4.88. The van der Waals surface area contributed by atoms with Crippen LogP contribution in [0, 0.1) is 0 Å². The smallest absolute Gasteiger partial charge is 0.237 e. The maximum absolute atomic E-state index is 12.3. The average molecular weight is 290 g/mol. The predicted octanol–water partition coefficient (Wildman–Crippen LogP) is 2.44. The van der Waals surface area contributed by atoms with Crippen LogP contribution >= 0.6 is 0 Å². The van der Waals surface area contributed by atoms with Gasteiger partial charge in [0.1, 0.15) is 11.9 Å². The number of amides is 1. The van der Waals surface area contributed by atoms with Gasteiger partial charge in [0.2, 0.25) is 5.91 Å². The third-order valence-electron chi connectivity index (χ3n) is 3.55. The van der Waals surface area contributed by atoms with E-state index in [1.165, 1.54) is 0 Å². The van der Waals surface area contributed by atoms with E-state index in [-0.39, 0.29) is 23.6 Å². The van der Waals surface area contributed by atoms with Gasteiger partial charge in [-0.3, -0.25) is 9.69 Å². The van der Waals surface area contributed by atoms with E-state index in [1.54, 1.807) is 0 Å². The number of rotatable bonds is 5. The fourth-order valence-corrected chi connectivity index (χ4v) is 2.55. The first-order valence-electron chi connectivity index (χ1n) is 7.67. The number of ether oxygens (including phenoxy) is 1. The van der Waals surface area contributed by atoms with Gasteiger partial charge in [0.25, 0.3) is 0 Å². The van der Waals surface area contributed by atoms with Crippen molar-refractivity contribution in [2.24, 2.45) is 0 Å². The number of benzene rings is 1. The Morgan fingerprint density at radius 3 is 2.48 bits per heavy atom. The van der Waals surface area contributed by atoms with E-state index in [4.69, 9.17) is 4.74 Å². The molecule has 116 valence electrons. The van der Waals surface area contributed by atoms with Gasteiger partial charge in [0, 0.05) is 18.6 Å². The maximum atomic E-state index is 12.3. The van der Waals surface area contributed by atoms with Crippen LogP contribution in [0.2, 0.25) is 0 Å². The lowest BCUT2D eigenvalue weighted by molar-refractivity contribution is -0.132. The summed E-state index contributed by atoms with van der Waals surface area (Å²) < 4.78 is 5.88. The Morgan fingerprint density at radius 2 is 1.95 bits per heavy atom. The maximum Gasteiger partial charge on any atom is 0.237 e. The Balaban J connectivity index is 1.83. The highest BCUT2D eigenvalue weighted by Crippen LogP contribution is 2.21. The van der Waals surface area contributed by atoms with Crippen molar-refractivity contribution < 1.29 is 9.53 Å². The average Bonchev–Trinajstić information content (AvgIpc) is 2.35. The van der Waals surface area contributed by atoms with E-state index >= 15 is 0 Å². The van der Waals surface area contributed by atoms with Crippen LogP contribution in [0.3, 0.4) is 0 Å². The van der Waals surface area contributed by atoms with Crippen LogP contribution < -0.4 is 10.1 Å². The minimum atomic E-state index is -0.185. The van der Waals surface area contributed by atoms with Crippen molar-refractivity contribution in [3.8, 4) is 5.75 Å². The van der Waals surface area contributed by atoms with Gasteiger partial charge in [-0.1, -0.05) is 25.1 Å². The Bertz CT molecular complexity index is 461. The van der Waals surface area contributed by atoms with E-state index in [1.807, 2.05) is 51.1 Å². The van der Waals surface area contributed by atoms with Crippen LogP contribution in [0.5, 0.6) is 5.75 Å². The third kappa shape index (κ3) is 4.46. The molecule has 0 spiro atoms. The fraction of sp³-hybridized carbons (Fsp3) is 0.588. The third-order valence-corrected chi connectivity index (χ3v) is 3.55. The molecule has 2 rings (SSSR count). The van der Waals surface area contributed by atoms with Crippen LogP contribution in [0.4, 0.5) is 0 Å². The highest BCUT2D eigenvalue weighted by Gasteiger charge is 2.37. The van der Waals surface area contributed by atoms with Crippen molar-refractivity contribution in [3.63, 3.8) is 0 Å². The molecular weight excluding hydrogens is 264 g/mol. The van der Waals surface area contributed by atoms with Crippen LogP contribution in [0.15, 0.2) is 30.3 Å². The zero-order valence-corrected chi connectivity index (χ0v) is 13.4. The quantitative estimate of drug-likeness (QED) is 0.905. The molecule has 1 aliphatic heterocycles. The molecule has 0 saturated carbocycles. The number of nitrogens with one attached hydrogen (secondary N) is 1. The number of likely N-dealkylation sites (tertiary alicyclic amines) is 1. The molecule has 1 heterocycles. The number of carbonyl (C=O) groups excluding carboxylic acids is 1. The molecule has 4 heteroatoms. The number of para-hydroxylation sites is 1. The van der Waals surface area contributed by atoms with Crippen molar-refractivity contribution >= 4 is 5.91 Å². The summed E-state index contributed by atoms with van der Waals surface area (Å²) in [5, 5.41) is 3.06. The molecule has 21 heavy (non-hydrogen) atoms. The van der Waals surface area contributed by atoms with Gasteiger partial charge in [0.05, 0.1) is 6.04 Å². The summed E-state index contributed by atoms with van der Waals surface area (Å²) >= 11 is 0. The van der Waals surface area contributed by atoms with Gasteiger partial charge in [-0.05, 0) is 39.3 Å². The standard InChI is InChI=1S/C17H26N2O2/c1-5-15(16(20)18-17(2,3)4)19-11-14(12-19)21-13-9-7-6-8-10-13/h6-10,14-15H,5,11-12H2,1-4H3,(H,18,20)/t15-/m1/s1. The lowest BCUT2D eigenvalue weighted by atomic mass is 10.0. The van der Waals surface area contributed by atoms with Gasteiger partial charge < -0.3 is 10.1 Å². The summed E-state index contributed by atoms with van der Waals surface area (Å²) in [5.74, 6) is 1.01. The first kappa shape index (κ1) is 15.8. The number of hydrogen-bond donors (Lipinski definition) is 1. The molecule has 0 radical (unpaired) electrons. The van der Waals surface area contributed by atoms with Crippen LogP contribution in [-0.2, 0) is 4.79 Å². The minimum Gasteiger partial charge on any atom is -0.488 e. The van der Waals surface area contributed by atoms with E-state index in [0.29, 0.717) is 0 Å². The summed E-state index contributed by atoms with van der Waals surface area (Å²) in [5.41, 5.74) is -0.185. The molecule has 1 amide bonds. The summed E-state index contributed by atoms with van der Waals surface area (Å²) in [7, 11) is 0. The molecule has 1 aromatic rings. The number of carbonyl (C=O) groups is 1. The van der Waals surface area contributed by atoms with Gasteiger partial charge >= 0.3 is 0 Å². The first-order valence-corrected chi connectivity index (χ1v) is 7.67. The molecule has 1 saturated heterocycles. The second-order valence-electron chi connectivity index (χ2n) is 6.67. The second-order valence-corrected chi connectivity index (χ2v) is 6.67. The van der Waals surface area contributed by atoms with Gasteiger partial charge in [-0.2, -0.15) is 0 Å². The second kappa shape index (κ2) is 6.48. The topological polar surface area (TPSA) is 41.6 Å². The molecule has 1 aromatic carbocycles. The molecule has 0 aromatic heterocycles. The molecule has 0 unspecified atom stereocenters. The number of nitrogens with zero attached hydrogens (tertiary/aromatic N) is 1. The molecule has 0 aliphatic carbocycles. The molecule has 0 bridgehead atoms. The summed E-state index contributed by atoms with van der Waals surface area (Å²) in [6.07, 6.45) is 1.00. The zero-order valence-electron chi connectivity index (χ0n) is 13.4. The normalized spacial score (nSPS) is 17.9. The molecule has 1 fully saturated rings. The lowest BCUT2D eigenvalue weighted by Crippen LogP contribution is -2.62. The molecule has 4 nitrogen and oxygen atoms in total. The fourth-order valence-electron chi connectivity index (χ4n) is 2.55. The van der Waals surface area contributed by atoms with Crippen LogP contribution in [0.25, 0.3) is 0 Å². The highest BCUT2D eigenvalue weighted by atomic mass is 16.5. The number of hydrogen-bond acceptors (Lipinski definition) is 3. The van der Waals surface area contributed by atoms with E-state index < -0.39 is 0 Å². The predicted molar refractivity (Wildman–Crippen MR) is 84.4 cm³/mol. The summed E-state index contributed by atoms with van der Waals surface area (Å²) in [4.78, 5) is 14.5. The van der Waals surface area contributed by atoms with Crippen molar-refractivity contribution in [2.75, 3.05) is 13.1 Å². The van der Waals surface area contributed by atoms with Gasteiger partial charge in [0.15, 0.2) is 0 Å². The monoisotopic (exact) mass is 290 g/mol. The molecule has 1 N–H and O–H groups in total. The lowest BCUT2D eigenvalue weighted by Gasteiger charge is -2.43. The van der Waals surface area contributed by atoms with E-state index in [2.05, 4.69) is 17.1 Å². The van der Waals surface area contributed by atoms with Crippen molar-refractivity contribution in [1.82, 2.24) is 10.2 Å². The largest absolute Gasteiger partial charge is 0.488 e. The minimum absolute atomic E-state index is 0.0557. The van der Waals surface area contributed by atoms with Crippen LogP contribution in [-0.4, -0.2) is 41.6 Å². The van der Waals surface area contributed by atoms with Crippen molar-refractivity contribution in [2.45, 2.75) is 51.8 Å². The molecule has 1 aliphatic rings. The Hall–Kier alpha value is -1.55. The SMILES string of the molecule is CC[C@H](C(=O)NC(C)(C)C)N1CC(Oc2ccccc2)C1. The van der Waals surface area contributed by atoms with Crippen LogP contribution in [0.1, 0.15) is 34.1 Å². The summed E-state index contributed by atoms with van der Waals surface area (Å²) in [6.45, 7) is 9.70. The van der Waals surface area contributed by atoms with Gasteiger partial charge in [-0.25, -0.2) is 0 Å². The van der Waals surface area contributed by atoms with E-state index in [0.717, 1.165) is 25.3 Å². The molecular formula is C17H26N2O2. The summed E-state index contributed by atoms with van der Waals surface area (Å²) in [6, 6.07) is 9.79. The zero-order chi connectivity index (χ0) is 15.5. The first-order chi connectivity index (χ1) is 9.89. The van der Waals surface area contributed by atoms with Gasteiger partial charge in [-0.15, -0.1) is 0 Å². The van der Waals surface area contributed by atoms with Crippen molar-refractivity contribution in [1.29, 1.82) is 0 Å². The molecule has 1 atom stereocenters. The highest BCUT2D eigenvalue weighted by molar-refractivity contribution is 5.82. The Morgan fingerprint density at radius 1 is 1.33 bits per heavy atom. The van der Waals surface area contributed by atoms with E-state index in [9.17, 15) is 4.79 Å². The Labute approximate surface area is 127 Å².